The molecule has 35 heavy (non-hydrogen) atoms. The molecule has 9 nitrogen and oxygen atoms in total. The highest BCUT2D eigenvalue weighted by atomic mass is 16.1. The van der Waals surface area contributed by atoms with Crippen molar-refractivity contribution in [1.29, 1.82) is 0 Å². The van der Waals surface area contributed by atoms with Crippen molar-refractivity contribution in [1.82, 2.24) is 25.1 Å². The first kappa shape index (κ1) is 24.3. The molecule has 0 bridgehead atoms. The molecule has 1 aromatic carbocycles. The van der Waals surface area contributed by atoms with E-state index in [1.54, 1.807) is 29.9 Å². The Morgan fingerprint density at radius 1 is 1.14 bits per heavy atom. The van der Waals surface area contributed by atoms with Gasteiger partial charge in [0.05, 0.1) is 23.9 Å². The minimum Gasteiger partial charge on any atom is -0.386 e. The minimum atomic E-state index is -0.0611. The smallest absolute Gasteiger partial charge is 0.250 e. The number of pyridine rings is 2. The lowest BCUT2D eigenvalue weighted by Gasteiger charge is -2.29. The highest BCUT2D eigenvalue weighted by molar-refractivity contribution is 5.76. The summed E-state index contributed by atoms with van der Waals surface area (Å²) in [6.07, 6.45) is 1.79. The van der Waals surface area contributed by atoms with Gasteiger partial charge in [-0.15, -0.1) is 0 Å². The number of aryl methyl sites for hydroxylation is 1. The fraction of sp³-hybridized carbons (Fsp3) is 0.308. The van der Waals surface area contributed by atoms with E-state index >= 15 is 0 Å². The zero-order valence-electron chi connectivity index (χ0n) is 20.4. The van der Waals surface area contributed by atoms with Crippen molar-refractivity contribution < 1.29 is 0 Å². The van der Waals surface area contributed by atoms with Gasteiger partial charge in [-0.3, -0.25) is 9.69 Å². The molecule has 1 saturated heterocycles. The van der Waals surface area contributed by atoms with Crippen LogP contribution in [-0.2, 0) is 13.6 Å². The zero-order valence-corrected chi connectivity index (χ0v) is 20.4. The quantitative estimate of drug-likeness (QED) is 0.349. The largest absolute Gasteiger partial charge is 0.386 e. The van der Waals surface area contributed by atoms with Crippen LogP contribution in [0.1, 0.15) is 5.56 Å². The first-order valence-electron chi connectivity index (χ1n) is 11.8. The van der Waals surface area contributed by atoms with E-state index in [0.29, 0.717) is 12.5 Å². The molecule has 0 unspecified atom stereocenters. The van der Waals surface area contributed by atoms with Gasteiger partial charge in [0, 0.05) is 70.3 Å². The Bertz CT molecular complexity index is 1210. The lowest BCUT2D eigenvalue weighted by molar-refractivity contribution is 0.233. The highest BCUT2D eigenvalue weighted by Gasteiger charge is 2.17. The summed E-state index contributed by atoms with van der Waals surface area (Å²) in [7, 11) is 3.61. The van der Waals surface area contributed by atoms with Crippen LogP contribution in [0.4, 0.5) is 17.2 Å². The maximum Gasteiger partial charge on any atom is 0.250 e. The summed E-state index contributed by atoms with van der Waals surface area (Å²) in [6, 6.07) is 15.8. The summed E-state index contributed by atoms with van der Waals surface area (Å²) in [5.74, 6) is 1.12. The Kier molecular flexibility index (Phi) is 7.69. The van der Waals surface area contributed by atoms with E-state index in [9.17, 15) is 4.79 Å². The second-order valence-corrected chi connectivity index (χ2v) is 8.67. The highest BCUT2D eigenvalue weighted by Crippen LogP contribution is 2.32. The van der Waals surface area contributed by atoms with Gasteiger partial charge in [0.15, 0.2) is 5.82 Å². The molecule has 9 heteroatoms. The molecule has 1 fully saturated rings. The molecule has 3 heterocycles. The number of benzene rings is 1. The summed E-state index contributed by atoms with van der Waals surface area (Å²) < 4.78 is 1.55. The van der Waals surface area contributed by atoms with Gasteiger partial charge in [0.25, 0.3) is 0 Å². The molecule has 0 saturated carbocycles. The molecule has 2 aromatic heterocycles. The number of aromatic nitrogens is 2. The number of nitrogens with one attached hydrogen (secondary N) is 3. The number of anilines is 3. The van der Waals surface area contributed by atoms with Crippen molar-refractivity contribution in [3.05, 3.63) is 83.0 Å². The maximum absolute atomic E-state index is 11.9. The van der Waals surface area contributed by atoms with E-state index in [4.69, 9.17) is 10.7 Å². The second-order valence-electron chi connectivity index (χ2n) is 8.67. The third-order valence-electron chi connectivity index (χ3n) is 6.11. The Labute approximate surface area is 206 Å². The molecule has 1 aliphatic rings. The average molecular weight is 475 g/mol. The maximum atomic E-state index is 11.9. The summed E-state index contributed by atoms with van der Waals surface area (Å²) in [6.45, 7) is 9.29. The number of nitrogens with zero attached hydrogens (tertiary/aromatic N) is 4. The Hall–Kier alpha value is -3.82. The molecular formula is C26H34N8O. The number of piperazine rings is 1. The van der Waals surface area contributed by atoms with Gasteiger partial charge < -0.3 is 31.2 Å². The third kappa shape index (κ3) is 6.00. The molecule has 5 N–H and O–H groups in total. The first-order valence-corrected chi connectivity index (χ1v) is 11.8. The fourth-order valence-electron chi connectivity index (χ4n) is 4.13. The van der Waals surface area contributed by atoms with Gasteiger partial charge in [-0.25, -0.2) is 4.98 Å². The zero-order chi connectivity index (χ0) is 24.8. The van der Waals surface area contributed by atoms with Crippen LogP contribution in [0.15, 0.2) is 71.9 Å². The summed E-state index contributed by atoms with van der Waals surface area (Å²) in [4.78, 5) is 21.4. The molecule has 3 aromatic rings. The molecule has 0 aliphatic carbocycles. The van der Waals surface area contributed by atoms with Crippen molar-refractivity contribution in [3.8, 4) is 11.3 Å². The molecule has 4 rings (SSSR count). The molecule has 184 valence electrons. The molecule has 1 aliphatic heterocycles. The summed E-state index contributed by atoms with van der Waals surface area (Å²) in [5.41, 5.74) is 10.5. The Morgan fingerprint density at radius 2 is 1.89 bits per heavy atom. The van der Waals surface area contributed by atoms with Gasteiger partial charge in [0.2, 0.25) is 5.56 Å². The van der Waals surface area contributed by atoms with Gasteiger partial charge in [-0.2, -0.15) is 0 Å². The molecule has 0 atom stereocenters. The number of rotatable bonds is 9. The SMILES string of the molecule is C=C(N)NCN(c1ccc(CN2CCNCC2)cc1)c1nc(-c2ccc(=O)n(C)c2)ccc1NC. The van der Waals surface area contributed by atoms with Crippen LogP contribution in [0.25, 0.3) is 11.3 Å². The number of nitrogens with two attached hydrogens (primary N) is 1. The van der Waals surface area contributed by atoms with Crippen LogP contribution in [0.2, 0.25) is 0 Å². The lowest BCUT2D eigenvalue weighted by atomic mass is 10.1. The van der Waals surface area contributed by atoms with E-state index in [0.717, 1.165) is 61.2 Å². The Morgan fingerprint density at radius 3 is 2.54 bits per heavy atom. The van der Waals surface area contributed by atoms with Crippen LogP contribution in [0, 0.1) is 0 Å². The molecule has 0 amide bonds. The fourth-order valence-corrected chi connectivity index (χ4v) is 4.13. The van der Waals surface area contributed by atoms with Crippen LogP contribution < -0.4 is 32.1 Å². The van der Waals surface area contributed by atoms with E-state index in [-0.39, 0.29) is 5.56 Å². The molecule has 0 spiro atoms. The van der Waals surface area contributed by atoms with Crippen molar-refractivity contribution in [2.75, 3.05) is 50.1 Å². The van der Waals surface area contributed by atoms with Gasteiger partial charge in [0.1, 0.15) is 0 Å². The van der Waals surface area contributed by atoms with E-state index < -0.39 is 0 Å². The number of hydrogen-bond acceptors (Lipinski definition) is 8. The summed E-state index contributed by atoms with van der Waals surface area (Å²) >= 11 is 0. The monoisotopic (exact) mass is 474 g/mol. The van der Waals surface area contributed by atoms with Gasteiger partial charge >= 0.3 is 0 Å². The van der Waals surface area contributed by atoms with E-state index in [1.165, 1.54) is 5.56 Å². The predicted molar refractivity (Wildman–Crippen MR) is 143 cm³/mol. The topological polar surface area (TPSA) is 103 Å². The third-order valence-corrected chi connectivity index (χ3v) is 6.11. The second kappa shape index (κ2) is 11.1. The Balaban J connectivity index is 1.67. The lowest BCUT2D eigenvalue weighted by Crippen LogP contribution is -2.42. The first-order chi connectivity index (χ1) is 16.9. The van der Waals surface area contributed by atoms with Crippen LogP contribution in [0.5, 0.6) is 0 Å². The van der Waals surface area contributed by atoms with Gasteiger partial charge in [-0.1, -0.05) is 18.7 Å². The van der Waals surface area contributed by atoms with Crippen LogP contribution in [0.3, 0.4) is 0 Å². The number of hydrogen-bond donors (Lipinski definition) is 4. The van der Waals surface area contributed by atoms with Crippen molar-refractivity contribution in [3.63, 3.8) is 0 Å². The standard InChI is InChI=1S/C26H34N8O/c1-19(27)30-18-34(22-7-4-20(5-8-22)16-33-14-12-29-13-15-33)26-24(28-2)10-9-23(31-26)21-6-11-25(35)32(3)17-21/h4-11,17,28-30H,1,12-16,18,27H2,2-3H3. The normalized spacial score (nSPS) is 13.9. The van der Waals surface area contributed by atoms with Crippen LogP contribution in [-0.4, -0.2) is 54.3 Å². The minimum absolute atomic E-state index is 0.0611. The van der Waals surface area contributed by atoms with Crippen LogP contribution >= 0.6 is 0 Å². The average Bonchev–Trinajstić information content (AvgIpc) is 2.87. The van der Waals surface area contributed by atoms with Gasteiger partial charge in [-0.05, 0) is 35.9 Å². The predicted octanol–water partition coefficient (Wildman–Crippen LogP) is 2.01. The van der Waals surface area contributed by atoms with E-state index in [1.807, 2.05) is 19.2 Å². The molecular weight excluding hydrogens is 440 g/mol. The van der Waals surface area contributed by atoms with E-state index in [2.05, 4.69) is 56.6 Å². The molecule has 0 radical (unpaired) electrons. The summed E-state index contributed by atoms with van der Waals surface area (Å²) in [5, 5.41) is 9.77. The van der Waals surface area contributed by atoms with Crippen molar-refractivity contribution in [2.24, 2.45) is 12.8 Å². The van der Waals surface area contributed by atoms with Crippen molar-refractivity contribution >= 4 is 17.2 Å². The van der Waals surface area contributed by atoms with Crippen molar-refractivity contribution in [2.45, 2.75) is 6.54 Å².